The van der Waals surface area contributed by atoms with Gasteiger partial charge < -0.3 is 10.6 Å². The van der Waals surface area contributed by atoms with Crippen molar-refractivity contribution < 1.29 is 4.79 Å². The Bertz CT molecular complexity index is 982. The molecule has 2 N–H and O–H groups in total. The van der Waals surface area contributed by atoms with E-state index in [1.807, 2.05) is 43.3 Å². The molecule has 0 aliphatic heterocycles. The lowest BCUT2D eigenvalue weighted by atomic mass is 10.1. The maximum absolute atomic E-state index is 12.2. The van der Waals surface area contributed by atoms with Crippen molar-refractivity contribution in [3.05, 3.63) is 54.1 Å². The van der Waals surface area contributed by atoms with E-state index in [1.165, 1.54) is 11.8 Å². The number of nitriles is 1. The van der Waals surface area contributed by atoms with Gasteiger partial charge in [-0.3, -0.25) is 4.79 Å². The molecule has 0 fully saturated rings. The van der Waals surface area contributed by atoms with Crippen LogP contribution in [0.25, 0.3) is 10.9 Å². The lowest BCUT2D eigenvalue weighted by Gasteiger charge is -2.09. The minimum atomic E-state index is -0.130. The van der Waals surface area contributed by atoms with E-state index < -0.39 is 0 Å². The fraction of sp³-hybridized carbons (Fsp3) is 0.200. The van der Waals surface area contributed by atoms with E-state index in [9.17, 15) is 4.79 Å². The molecule has 1 aromatic heterocycles. The van der Waals surface area contributed by atoms with Crippen molar-refractivity contribution in [2.24, 2.45) is 0 Å². The highest BCUT2D eigenvalue weighted by Crippen LogP contribution is 2.24. The lowest BCUT2D eigenvalue weighted by Crippen LogP contribution is -2.14. The number of rotatable bonds is 7. The van der Waals surface area contributed by atoms with Crippen molar-refractivity contribution in [2.45, 2.75) is 18.5 Å². The third-order valence-corrected chi connectivity index (χ3v) is 4.63. The Balaban J connectivity index is 1.65. The Labute approximate surface area is 162 Å². The first kappa shape index (κ1) is 18.7. The molecule has 0 atom stereocenters. The molecular formula is C20H19N5OS. The highest BCUT2D eigenvalue weighted by Gasteiger charge is 2.10. The molecule has 136 valence electrons. The average Bonchev–Trinajstić information content (AvgIpc) is 2.68. The van der Waals surface area contributed by atoms with Gasteiger partial charge in [-0.25, -0.2) is 9.97 Å². The predicted molar refractivity (Wildman–Crippen MR) is 109 cm³/mol. The van der Waals surface area contributed by atoms with Gasteiger partial charge in [0.05, 0.1) is 23.8 Å². The quantitative estimate of drug-likeness (QED) is 0.480. The third-order valence-electron chi connectivity index (χ3n) is 3.78. The molecule has 3 aromatic rings. The first-order chi connectivity index (χ1) is 13.2. The van der Waals surface area contributed by atoms with Crippen molar-refractivity contribution in [3.8, 4) is 6.07 Å². The van der Waals surface area contributed by atoms with Gasteiger partial charge in [0.15, 0.2) is 5.16 Å². The summed E-state index contributed by atoms with van der Waals surface area (Å²) < 4.78 is 0. The van der Waals surface area contributed by atoms with Crippen LogP contribution in [0.4, 0.5) is 11.5 Å². The summed E-state index contributed by atoms with van der Waals surface area (Å²) in [5.41, 5.74) is 2.47. The van der Waals surface area contributed by atoms with Crippen molar-refractivity contribution in [2.75, 3.05) is 22.9 Å². The Kier molecular flexibility index (Phi) is 6.23. The normalized spacial score (nSPS) is 10.4. The predicted octanol–water partition coefficient (Wildman–Crippen LogP) is 3.86. The zero-order chi connectivity index (χ0) is 19.1. The summed E-state index contributed by atoms with van der Waals surface area (Å²) in [6, 6.07) is 17.2. The highest BCUT2D eigenvalue weighted by molar-refractivity contribution is 7.99. The van der Waals surface area contributed by atoms with Crippen LogP contribution in [0, 0.1) is 11.3 Å². The molecular weight excluding hydrogens is 358 g/mol. The summed E-state index contributed by atoms with van der Waals surface area (Å²) >= 11 is 1.30. The second-order valence-corrected chi connectivity index (χ2v) is 6.71. The minimum Gasteiger partial charge on any atom is -0.370 e. The van der Waals surface area contributed by atoms with Gasteiger partial charge in [-0.2, -0.15) is 5.26 Å². The smallest absolute Gasteiger partial charge is 0.234 e. The molecule has 2 aromatic carbocycles. The maximum atomic E-state index is 12.2. The second kappa shape index (κ2) is 9.01. The molecule has 0 saturated heterocycles. The number of thioether (sulfide) groups is 1. The van der Waals surface area contributed by atoms with E-state index in [2.05, 4.69) is 26.7 Å². The molecule has 0 saturated carbocycles. The van der Waals surface area contributed by atoms with Crippen LogP contribution >= 0.6 is 11.8 Å². The first-order valence-corrected chi connectivity index (χ1v) is 9.57. The van der Waals surface area contributed by atoms with Crippen LogP contribution in [0.2, 0.25) is 0 Å². The summed E-state index contributed by atoms with van der Waals surface area (Å²) in [4.78, 5) is 21.3. The third kappa shape index (κ3) is 4.96. The summed E-state index contributed by atoms with van der Waals surface area (Å²) in [6.45, 7) is 2.77. The van der Waals surface area contributed by atoms with Gasteiger partial charge in [-0.15, -0.1) is 0 Å². The van der Waals surface area contributed by atoms with Crippen LogP contribution in [-0.4, -0.2) is 28.2 Å². The number of carbonyl (C=O) groups is 1. The summed E-state index contributed by atoms with van der Waals surface area (Å²) in [5.74, 6) is 0.859. The lowest BCUT2D eigenvalue weighted by molar-refractivity contribution is -0.113. The zero-order valence-corrected chi connectivity index (χ0v) is 15.7. The SMILES string of the molecule is CCNc1nc(SCC(=O)Nc2ccc(CC#N)cc2)nc2ccccc12. The molecule has 0 aliphatic rings. The number of nitrogens with one attached hydrogen (secondary N) is 2. The van der Waals surface area contributed by atoms with E-state index in [-0.39, 0.29) is 11.7 Å². The number of amides is 1. The summed E-state index contributed by atoms with van der Waals surface area (Å²) in [7, 11) is 0. The number of hydrogen-bond acceptors (Lipinski definition) is 6. The molecule has 7 heteroatoms. The van der Waals surface area contributed by atoms with Gasteiger partial charge in [0, 0.05) is 17.6 Å². The Morgan fingerprint density at radius 1 is 1.15 bits per heavy atom. The molecule has 0 aliphatic carbocycles. The number of carbonyl (C=O) groups excluding carboxylic acids is 1. The van der Waals surface area contributed by atoms with E-state index >= 15 is 0 Å². The maximum Gasteiger partial charge on any atom is 0.234 e. The van der Waals surface area contributed by atoms with Crippen LogP contribution in [0.1, 0.15) is 12.5 Å². The van der Waals surface area contributed by atoms with E-state index in [0.29, 0.717) is 17.3 Å². The van der Waals surface area contributed by atoms with E-state index in [0.717, 1.165) is 28.8 Å². The molecule has 3 rings (SSSR count). The summed E-state index contributed by atoms with van der Waals surface area (Å²) in [5, 5.41) is 16.3. The number of para-hydroxylation sites is 1. The molecule has 27 heavy (non-hydrogen) atoms. The van der Waals surface area contributed by atoms with E-state index in [1.54, 1.807) is 12.1 Å². The Hall–Kier alpha value is -3.11. The van der Waals surface area contributed by atoms with Crippen LogP contribution in [0.3, 0.4) is 0 Å². The molecule has 6 nitrogen and oxygen atoms in total. The topological polar surface area (TPSA) is 90.7 Å². The number of hydrogen-bond donors (Lipinski definition) is 2. The van der Waals surface area contributed by atoms with Crippen molar-refractivity contribution in [3.63, 3.8) is 0 Å². The molecule has 1 amide bonds. The van der Waals surface area contributed by atoms with Crippen molar-refractivity contribution in [1.29, 1.82) is 5.26 Å². The molecule has 1 heterocycles. The second-order valence-electron chi connectivity index (χ2n) is 5.77. The average molecular weight is 377 g/mol. The van der Waals surface area contributed by atoms with Gasteiger partial charge in [-0.1, -0.05) is 36.0 Å². The summed E-state index contributed by atoms with van der Waals surface area (Å²) in [6.07, 6.45) is 0.359. The zero-order valence-electron chi connectivity index (χ0n) is 14.9. The molecule has 0 bridgehead atoms. The Morgan fingerprint density at radius 3 is 2.67 bits per heavy atom. The van der Waals surface area contributed by atoms with Crippen LogP contribution in [0.5, 0.6) is 0 Å². The van der Waals surface area contributed by atoms with E-state index in [4.69, 9.17) is 5.26 Å². The minimum absolute atomic E-state index is 0.130. The number of anilines is 2. The molecule has 0 unspecified atom stereocenters. The fourth-order valence-electron chi connectivity index (χ4n) is 2.55. The first-order valence-electron chi connectivity index (χ1n) is 8.58. The molecule has 0 spiro atoms. The number of nitrogens with zero attached hydrogens (tertiary/aromatic N) is 3. The fourth-order valence-corrected chi connectivity index (χ4v) is 3.20. The van der Waals surface area contributed by atoms with Crippen LogP contribution < -0.4 is 10.6 Å². The van der Waals surface area contributed by atoms with Gasteiger partial charge in [-0.05, 0) is 36.8 Å². The van der Waals surface area contributed by atoms with Gasteiger partial charge >= 0.3 is 0 Å². The van der Waals surface area contributed by atoms with Gasteiger partial charge in [0.2, 0.25) is 5.91 Å². The number of benzene rings is 2. The van der Waals surface area contributed by atoms with Crippen molar-refractivity contribution >= 4 is 40.1 Å². The van der Waals surface area contributed by atoms with Crippen LogP contribution in [0.15, 0.2) is 53.7 Å². The van der Waals surface area contributed by atoms with Crippen molar-refractivity contribution in [1.82, 2.24) is 9.97 Å². The van der Waals surface area contributed by atoms with Gasteiger partial charge in [0.1, 0.15) is 5.82 Å². The largest absolute Gasteiger partial charge is 0.370 e. The highest BCUT2D eigenvalue weighted by atomic mass is 32.2. The Morgan fingerprint density at radius 2 is 1.93 bits per heavy atom. The monoisotopic (exact) mass is 377 g/mol. The number of fused-ring (bicyclic) bond motifs is 1. The van der Waals surface area contributed by atoms with Crippen LogP contribution in [-0.2, 0) is 11.2 Å². The number of aromatic nitrogens is 2. The van der Waals surface area contributed by atoms with Gasteiger partial charge in [0.25, 0.3) is 0 Å². The standard InChI is InChI=1S/C20H19N5OS/c1-2-22-19-16-5-3-4-6-17(16)24-20(25-19)27-13-18(26)23-15-9-7-14(8-10-15)11-12-21/h3-10H,2,11,13H2,1H3,(H,23,26)(H,22,24,25). The molecule has 0 radical (unpaired) electrons.